The zero-order chi connectivity index (χ0) is 21.0. The van der Waals surface area contributed by atoms with Crippen molar-refractivity contribution in [3.63, 3.8) is 0 Å². The molecule has 0 aliphatic heterocycles. The Hall–Kier alpha value is -3.61. The number of nitrogens with zero attached hydrogens (tertiary/aromatic N) is 3. The van der Waals surface area contributed by atoms with Crippen LogP contribution in [0.15, 0.2) is 53.6 Å². The van der Waals surface area contributed by atoms with Gasteiger partial charge in [-0.25, -0.2) is 9.78 Å². The molecule has 7 nitrogen and oxygen atoms in total. The predicted octanol–water partition coefficient (Wildman–Crippen LogP) is 2.77. The quantitative estimate of drug-likeness (QED) is 0.600. The molecule has 150 valence electrons. The van der Waals surface area contributed by atoms with E-state index in [-0.39, 0.29) is 11.1 Å². The van der Waals surface area contributed by atoms with E-state index in [1.807, 2.05) is 43.3 Å². The molecule has 2 heterocycles. The lowest BCUT2D eigenvalue weighted by Gasteiger charge is -2.11. The van der Waals surface area contributed by atoms with Crippen LogP contribution in [-0.4, -0.2) is 48.7 Å². The molecule has 0 amide bonds. The molecule has 3 aromatic rings. The number of methoxy groups -OCH3 is 2. The molecule has 3 rings (SSSR count). The number of carbonyl (C=O) groups excluding carboxylic acids is 1. The van der Waals surface area contributed by atoms with Gasteiger partial charge in [0.1, 0.15) is 5.75 Å². The topological polar surface area (TPSA) is 73.7 Å². The van der Waals surface area contributed by atoms with E-state index in [1.165, 1.54) is 7.11 Å². The molecule has 0 radical (unpaired) electrons. The summed E-state index contributed by atoms with van der Waals surface area (Å²) in [5, 5.41) is 0.364. The van der Waals surface area contributed by atoms with E-state index in [0.29, 0.717) is 23.1 Å². The van der Waals surface area contributed by atoms with Gasteiger partial charge in [0, 0.05) is 26.5 Å². The first-order chi connectivity index (χ1) is 13.9. The Morgan fingerprint density at radius 2 is 1.90 bits per heavy atom. The van der Waals surface area contributed by atoms with Gasteiger partial charge >= 0.3 is 5.97 Å². The maximum atomic E-state index is 13.0. The molecule has 0 bridgehead atoms. The first-order valence-corrected chi connectivity index (χ1v) is 9.03. The van der Waals surface area contributed by atoms with Gasteiger partial charge in [0.2, 0.25) is 0 Å². The van der Waals surface area contributed by atoms with Crippen molar-refractivity contribution in [1.82, 2.24) is 14.5 Å². The third kappa shape index (κ3) is 4.45. The minimum atomic E-state index is -0.539. The first-order valence-electron chi connectivity index (χ1n) is 9.03. The van der Waals surface area contributed by atoms with Crippen LogP contribution in [0.25, 0.3) is 17.0 Å². The Bertz CT molecular complexity index is 1120. The number of aromatic nitrogens is 2. The van der Waals surface area contributed by atoms with E-state index in [4.69, 9.17) is 9.47 Å². The summed E-state index contributed by atoms with van der Waals surface area (Å²) in [6, 6.07) is 10.8. The predicted molar refractivity (Wildman–Crippen MR) is 112 cm³/mol. The number of benzene rings is 1. The lowest BCUT2D eigenvalue weighted by Crippen LogP contribution is -2.21. The summed E-state index contributed by atoms with van der Waals surface area (Å²) in [6.45, 7) is 0.397. The standard InChI is InChI=1S/C22H23N3O4/c1-24(2)11-9-20-18(22(27)29-4)13-17-19(23-20)10-12-25(21(17)26)14-15-5-7-16(28-3)8-6-15/h5-13H,14H2,1-4H3/b11-9+. The third-order valence-electron chi connectivity index (χ3n) is 4.43. The van der Waals surface area contributed by atoms with E-state index in [2.05, 4.69) is 4.98 Å². The average Bonchev–Trinajstić information content (AvgIpc) is 2.73. The van der Waals surface area contributed by atoms with E-state index >= 15 is 0 Å². The molecule has 0 spiro atoms. The summed E-state index contributed by atoms with van der Waals surface area (Å²) < 4.78 is 11.6. The molecule has 0 unspecified atom stereocenters. The van der Waals surface area contributed by atoms with E-state index in [9.17, 15) is 9.59 Å². The van der Waals surface area contributed by atoms with E-state index < -0.39 is 5.97 Å². The molecule has 7 heteroatoms. The summed E-state index contributed by atoms with van der Waals surface area (Å²) in [7, 11) is 6.65. The number of ether oxygens (including phenoxy) is 2. The van der Waals surface area contributed by atoms with Gasteiger partial charge in [-0.2, -0.15) is 0 Å². The van der Waals surface area contributed by atoms with Crippen molar-refractivity contribution in [3.8, 4) is 5.75 Å². The monoisotopic (exact) mass is 393 g/mol. The molecule has 0 N–H and O–H groups in total. The van der Waals surface area contributed by atoms with E-state index in [0.717, 1.165) is 11.3 Å². The van der Waals surface area contributed by atoms with Crippen molar-refractivity contribution in [2.24, 2.45) is 0 Å². The van der Waals surface area contributed by atoms with Crippen molar-refractivity contribution in [3.05, 3.63) is 76.0 Å². The van der Waals surface area contributed by atoms with Gasteiger partial charge in [-0.05, 0) is 35.9 Å². The molecule has 0 fully saturated rings. The van der Waals surface area contributed by atoms with Crippen LogP contribution in [0.1, 0.15) is 21.6 Å². The van der Waals surface area contributed by atoms with E-state index in [1.54, 1.807) is 42.3 Å². The number of hydrogen-bond acceptors (Lipinski definition) is 6. The van der Waals surface area contributed by atoms with Gasteiger partial charge in [-0.3, -0.25) is 4.79 Å². The number of hydrogen-bond donors (Lipinski definition) is 0. The SMILES string of the molecule is COC(=O)c1cc2c(=O)n(Cc3ccc(OC)cc3)ccc2nc1/C=C/N(C)C. The highest BCUT2D eigenvalue weighted by Crippen LogP contribution is 2.18. The largest absolute Gasteiger partial charge is 0.497 e. The first kappa shape index (κ1) is 20.1. The molecular weight excluding hydrogens is 370 g/mol. The summed E-state index contributed by atoms with van der Waals surface area (Å²) in [6.07, 6.45) is 5.21. The fourth-order valence-electron chi connectivity index (χ4n) is 2.90. The van der Waals surface area contributed by atoms with Crippen LogP contribution in [0.2, 0.25) is 0 Å². The minimum Gasteiger partial charge on any atom is -0.497 e. The van der Waals surface area contributed by atoms with Crippen molar-refractivity contribution in [2.45, 2.75) is 6.54 Å². The third-order valence-corrected chi connectivity index (χ3v) is 4.43. The van der Waals surface area contributed by atoms with Gasteiger partial charge in [-0.15, -0.1) is 0 Å². The molecule has 0 aliphatic rings. The van der Waals surface area contributed by atoms with Crippen LogP contribution < -0.4 is 10.3 Å². The Balaban J connectivity index is 2.07. The molecular formula is C22H23N3O4. The second kappa shape index (κ2) is 8.60. The van der Waals surface area contributed by atoms with Crippen LogP contribution in [-0.2, 0) is 11.3 Å². The zero-order valence-electron chi connectivity index (χ0n) is 16.9. The molecule has 0 saturated carbocycles. The second-order valence-corrected chi connectivity index (χ2v) is 6.72. The minimum absolute atomic E-state index is 0.223. The number of pyridine rings is 2. The second-order valence-electron chi connectivity index (χ2n) is 6.72. The maximum absolute atomic E-state index is 13.0. The fraction of sp³-hybridized carbons (Fsp3) is 0.227. The highest BCUT2D eigenvalue weighted by atomic mass is 16.5. The highest BCUT2D eigenvalue weighted by molar-refractivity contribution is 5.97. The molecule has 2 aromatic heterocycles. The number of rotatable bonds is 6. The Morgan fingerprint density at radius 1 is 1.17 bits per heavy atom. The normalized spacial score (nSPS) is 11.0. The summed E-state index contributed by atoms with van der Waals surface area (Å²) in [5.74, 6) is 0.215. The van der Waals surface area contributed by atoms with Crippen molar-refractivity contribution < 1.29 is 14.3 Å². The maximum Gasteiger partial charge on any atom is 0.340 e. The summed E-state index contributed by atoms with van der Waals surface area (Å²) >= 11 is 0. The highest BCUT2D eigenvalue weighted by Gasteiger charge is 2.15. The number of esters is 1. The van der Waals surface area contributed by atoms with Gasteiger partial charge in [0.15, 0.2) is 0 Å². The van der Waals surface area contributed by atoms with Gasteiger partial charge < -0.3 is 18.9 Å². The van der Waals surface area contributed by atoms with Crippen LogP contribution in [0, 0.1) is 0 Å². The molecule has 0 aliphatic carbocycles. The lowest BCUT2D eigenvalue weighted by atomic mass is 10.1. The Labute approximate surface area is 168 Å². The average molecular weight is 393 g/mol. The van der Waals surface area contributed by atoms with Crippen molar-refractivity contribution >= 4 is 22.9 Å². The number of carbonyl (C=O) groups is 1. The smallest absolute Gasteiger partial charge is 0.340 e. The van der Waals surface area contributed by atoms with Gasteiger partial charge in [-0.1, -0.05) is 12.1 Å². The van der Waals surface area contributed by atoms with Crippen molar-refractivity contribution in [2.75, 3.05) is 28.3 Å². The van der Waals surface area contributed by atoms with Crippen LogP contribution in [0.4, 0.5) is 0 Å². The van der Waals surface area contributed by atoms with Crippen LogP contribution in [0.5, 0.6) is 5.75 Å². The molecule has 29 heavy (non-hydrogen) atoms. The Kier molecular flexibility index (Phi) is 5.97. The van der Waals surface area contributed by atoms with Gasteiger partial charge in [0.25, 0.3) is 5.56 Å². The lowest BCUT2D eigenvalue weighted by molar-refractivity contribution is 0.0600. The van der Waals surface area contributed by atoms with Crippen molar-refractivity contribution in [1.29, 1.82) is 0 Å². The fourth-order valence-corrected chi connectivity index (χ4v) is 2.90. The number of fused-ring (bicyclic) bond motifs is 1. The summed E-state index contributed by atoms with van der Waals surface area (Å²) in [4.78, 5) is 31.6. The van der Waals surface area contributed by atoms with Crippen LogP contribution in [0.3, 0.4) is 0 Å². The molecule has 0 atom stereocenters. The van der Waals surface area contributed by atoms with Gasteiger partial charge in [0.05, 0.1) is 42.9 Å². The summed E-state index contributed by atoms with van der Waals surface area (Å²) in [5.41, 5.74) is 1.95. The molecule has 0 saturated heterocycles. The molecule has 1 aromatic carbocycles. The zero-order valence-corrected chi connectivity index (χ0v) is 16.9. The van der Waals surface area contributed by atoms with Crippen LogP contribution >= 0.6 is 0 Å². The Morgan fingerprint density at radius 3 is 2.52 bits per heavy atom.